The van der Waals surface area contributed by atoms with Gasteiger partial charge in [-0.1, -0.05) is 18.2 Å². The molecular weight excluding hydrogens is 174 g/mol. The van der Waals surface area contributed by atoms with Crippen molar-refractivity contribution in [3.63, 3.8) is 0 Å². The average Bonchev–Trinajstić information content (AvgIpc) is 2.46. The van der Waals surface area contributed by atoms with Crippen LogP contribution in [0.4, 0.5) is 0 Å². The Hall–Kier alpha value is -1.35. The number of aryl methyl sites for hydroxylation is 2. The summed E-state index contributed by atoms with van der Waals surface area (Å²) in [4.78, 5) is 0. The van der Waals surface area contributed by atoms with Crippen molar-refractivity contribution in [1.82, 2.24) is 9.78 Å². The number of nitrogens with two attached hydrogens (primary N) is 1. The van der Waals surface area contributed by atoms with E-state index >= 15 is 0 Å². The van der Waals surface area contributed by atoms with Gasteiger partial charge in [-0.3, -0.25) is 4.68 Å². The third-order valence-corrected chi connectivity index (χ3v) is 2.66. The molecule has 14 heavy (non-hydrogen) atoms. The van der Waals surface area contributed by atoms with E-state index in [1.165, 1.54) is 16.6 Å². The van der Waals surface area contributed by atoms with E-state index in [-0.39, 0.29) is 0 Å². The van der Waals surface area contributed by atoms with Gasteiger partial charge < -0.3 is 5.73 Å². The Labute approximate surface area is 83.5 Å². The zero-order chi connectivity index (χ0) is 10.1. The summed E-state index contributed by atoms with van der Waals surface area (Å²) < 4.78 is 1.92. The van der Waals surface area contributed by atoms with Crippen molar-refractivity contribution in [3.8, 4) is 0 Å². The first-order valence-electron chi connectivity index (χ1n) is 4.85. The molecule has 1 heterocycles. The molecule has 0 bridgehead atoms. The highest BCUT2D eigenvalue weighted by Gasteiger charge is 2.07. The molecule has 0 saturated carbocycles. The van der Waals surface area contributed by atoms with Crippen molar-refractivity contribution in [3.05, 3.63) is 29.5 Å². The Balaban J connectivity index is 2.68. The highest BCUT2D eigenvalue weighted by molar-refractivity contribution is 5.84. The lowest BCUT2D eigenvalue weighted by molar-refractivity contribution is 0.749. The van der Waals surface area contributed by atoms with Gasteiger partial charge in [-0.05, 0) is 25.5 Å². The smallest absolute Gasteiger partial charge is 0.0958 e. The lowest BCUT2D eigenvalue weighted by Gasteiger charge is -1.98. The molecule has 2 rings (SSSR count). The van der Waals surface area contributed by atoms with Gasteiger partial charge >= 0.3 is 0 Å². The molecule has 0 aliphatic carbocycles. The molecule has 3 nitrogen and oxygen atoms in total. The van der Waals surface area contributed by atoms with Gasteiger partial charge in [0.05, 0.1) is 5.52 Å². The molecule has 0 spiro atoms. The van der Waals surface area contributed by atoms with Gasteiger partial charge in [-0.15, -0.1) is 0 Å². The fourth-order valence-electron chi connectivity index (χ4n) is 1.76. The summed E-state index contributed by atoms with van der Waals surface area (Å²) in [6.45, 7) is 2.76. The molecule has 0 fully saturated rings. The largest absolute Gasteiger partial charge is 0.330 e. The predicted octanol–water partition coefficient (Wildman–Crippen LogP) is 1.38. The third kappa shape index (κ3) is 1.30. The Morgan fingerprint density at radius 1 is 1.43 bits per heavy atom. The number of nitrogens with zero attached hydrogens (tertiary/aromatic N) is 2. The van der Waals surface area contributed by atoms with Crippen molar-refractivity contribution < 1.29 is 0 Å². The molecule has 0 aliphatic heterocycles. The monoisotopic (exact) mass is 189 g/mol. The minimum atomic E-state index is 0.675. The first kappa shape index (κ1) is 9.21. The lowest BCUT2D eigenvalue weighted by Crippen LogP contribution is -2.03. The predicted molar refractivity (Wildman–Crippen MR) is 58.2 cm³/mol. The quantitative estimate of drug-likeness (QED) is 0.775. The van der Waals surface area contributed by atoms with Crippen LogP contribution in [0, 0.1) is 6.92 Å². The molecule has 0 atom stereocenters. The zero-order valence-electron chi connectivity index (χ0n) is 8.62. The normalized spacial score (nSPS) is 11.1. The van der Waals surface area contributed by atoms with Crippen LogP contribution in [0.1, 0.15) is 11.3 Å². The fourth-order valence-corrected chi connectivity index (χ4v) is 1.76. The number of hydrogen-bond donors (Lipinski definition) is 1. The van der Waals surface area contributed by atoms with Crippen LogP contribution >= 0.6 is 0 Å². The first-order chi connectivity index (χ1) is 6.74. The number of fused-ring (bicyclic) bond motifs is 1. The number of hydrogen-bond acceptors (Lipinski definition) is 2. The van der Waals surface area contributed by atoms with Crippen LogP contribution in [-0.4, -0.2) is 16.3 Å². The minimum absolute atomic E-state index is 0.675. The Kier molecular flexibility index (Phi) is 2.25. The number of benzene rings is 1. The number of rotatable bonds is 2. The van der Waals surface area contributed by atoms with E-state index in [0.29, 0.717) is 6.54 Å². The first-order valence-corrected chi connectivity index (χ1v) is 4.85. The van der Waals surface area contributed by atoms with Crippen LogP contribution < -0.4 is 5.73 Å². The van der Waals surface area contributed by atoms with E-state index in [0.717, 1.165) is 11.9 Å². The molecule has 1 aromatic heterocycles. The lowest BCUT2D eigenvalue weighted by atomic mass is 10.1. The molecule has 0 aliphatic rings. The van der Waals surface area contributed by atoms with Gasteiger partial charge in [0, 0.05) is 18.1 Å². The summed E-state index contributed by atoms with van der Waals surface area (Å²) in [6.07, 6.45) is 0.897. The summed E-state index contributed by atoms with van der Waals surface area (Å²) in [5, 5.41) is 5.73. The van der Waals surface area contributed by atoms with Crippen molar-refractivity contribution in [2.24, 2.45) is 12.8 Å². The van der Waals surface area contributed by atoms with E-state index in [1.807, 2.05) is 11.7 Å². The van der Waals surface area contributed by atoms with Crippen LogP contribution in [0.2, 0.25) is 0 Å². The molecule has 0 amide bonds. The molecule has 1 aromatic carbocycles. The highest BCUT2D eigenvalue weighted by Crippen LogP contribution is 2.20. The molecule has 0 radical (unpaired) electrons. The maximum Gasteiger partial charge on any atom is 0.0958 e. The fraction of sp³-hybridized carbons (Fsp3) is 0.364. The summed E-state index contributed by atoms with van der Waals surface area (Å²) in [6, 6.07) is 6.28. The van der Waals surface area contributed by atoms with E-state index in [2.05, 4.69) is 30.2 Å². The Morgan fingerprint density at radius 2 is 2.21 bits per heavy atom. The van der Waals surface area contributed by atoms with Gasteiger partial charge in [0.1, 0.15) is 0 Å². The maximum absolute atomic E-state index is 5.56. The second-order valence-electron chi connectivity index (χ2n) is 3.56. The second kappa shape index (κ2) is 3.42. The topological polar surface area (TPSA) is 43.8 Å². The van der Waals surface area contributed by atoms with Gasteiger partial charge in [-0.25, -0.2) is 0 Å². The van der Waals surface area contributed by atoms with Gasteiger partial charge in [0.25, 0.3) is 0 Å². The van der Waals surface area contributed by atoms with Crippen molar-refractivity contribution >= 4 is 10.9 Å². The summed E-state index contributed by atoms with van der Waals surface area (Å²) in [7, 11) is 1.97. The third-order valence-electron chi connectivity index (χ3n) is 2.66. The van der Waals surface area contributed by atoms with E-state index in [9.17, 15) is 0 Å². The van der Waals surface area contributed by atoms with Crippen LogP contribution in [0.15, 0.2) is 18.2 Å². The zero-order valence-corrected chi connectivity index (χ0v) is 8.62. The van der Waals surface area contributed by atoms with Crippen molar-refractivity contribution in [1.29, 1.82) is 0 Å². The Bertz CT molecular complexity index is 457. The molecule has 3 heteroatoms. The molecule has 74 valence electrons. The summed E-state index contributed by atoms with van der Waals surface area (Å²) in [5.74, 6) is 0. The van der Waals surface area contributed by atoms with E-state index in [1.54, 1.807) is 0 Å². The van der Waals surface area contributed by atoms with Crippen molar-refractivity contribution in [2.75, 3.05) is 6.54 Å². The maximum atomic E-state index is 5.56. The van der Waals surface area contributed by atoms with E-state index in [4.69, 9.17) is 5.73 Å². The average molecular weight is 189 g/mol. The molecule has 2 aromatic rings. The molecule has 0 unspecified atom stereocenters. The molecular formula is C11H15N3. The van der Waals surface area contributed by atoms with Crippen LogP contribution in [0.5, 0.6) is 0 Å². The number of aromatic nitrogens is 2. The van der Waals surface area contributed by atoms with Crippen LogP contribution in [0.25, 0.3) is 10.9 Å². The van der Waals surface area contributed by atoms with Gasteiger partial charge in [0.2, 0.25) is 0 Å². The van der Waals surface area contributed by atoms with Gasteiger partial charge in [0.15, 0.2) is 0 Å². The minimum Gasteiger partial charge on any atom is -0.330 e. The standard InChI is InChI=1S/C11H15N3/c1-8-10-5-3-4-9(6-7-12)11(10)13-14(8)2/h3-5H,6-7,12H2,1-2H3. The van der Waals surface area contributed by atoms with E-state index < -0.39 is 0 Å². The molecule has 2 N–H and O–H groups in total. The van der Waals surface area contributed by atoms with Crippen molar-refractivity contribution in [2.45, 2.75) is 13.3 Å². The molecule has 0 saturated heterocycles. The highest BCUT2D eigenvalue weighted by atomic mass is 15.3. The Morgan fingerprint density at radius 3 is 2.93 bits per heavy atom. The van der Waals surface area contributed by atoms with Crippen LogP contribution in [0.3, 0.4) is 0 Å². The summed E-state index contributed by atoms with van der Waals surface area (Å²) in [5.41, 5.74) is 9.11. The second-order valence-corrected chi connectivity index (χ2v) is 3.56. The summed E-state index contributed by atoms with van der Waals surface area (Å²) >= 11 is 0. The van der Waals surface area contributed by atoms with Crippen LogP contribution in [-0.2, 0) is 13.5 Å². The SMILES string of the molecule is Cc1c2cccc(CCN)c2nn1C. The van der Waals surface area contributed by atoms with Gasteiger partial charge in [-0.2, -0.15) is 5.10 Å².